The van der Waals surface area contributed by atoms with Gasteiger partial charge in [-0.25, -0.2) is 4.39 Å². The normalized spacial score (nSPS) is 12.7. The molecular formula is C8H7F9. The van der Waals surface area contributed by atoms with Crippen LogP contribution in [0.4, 0.5) is 39.5 Å². The van der Waals surface area contributed by atoms with E-state index >= 15 is 0 Å². The Bertz CT molecular complexity index is 264. The zero-order chi connectivity index (χ0) is 14.3. The molecule has 0 saturated carbocycles. The van der Waals surface area contributed by atoms with Crippen molar-refractivity contribution in [1.82, 2.24) is 0 Å². The molecule has 0 aromatic heterocycles. The summed E-state index contributed by atoms with van der Waals surface area (Å²) in [7, 11) is 0. The summed E-state index contributed by atoms with van der Waals surface area (Å²) in [5.41, 5.74) is 0. The summed E-state index contributed by atoms with van der Waals surface area (Å²) in [5.74, 6) is -2.04. The fraction of sp³-hybridized carbons (Fsp3) is 0.500. The maximum atomic E-state index is 11.4. The molecule has 0 atom stereocenters. The monoisotopic (exact) mass is 274 g/mol. The molecule has 0 nitrogen and oxygen atoms in total. The molecule has 0 bridgehead atoms. The molecule has 0 saturated heterocycles. The molecule has 0 rings (SSSR count). The van der Waals surface area contributed by atoms with Crippen LogP contribution < -0.4 is 0 Å². The smallest absolute Gasteiger partial charge is 0.202 e. The zero-order valence-electron chi connectivity index (χ0n) is 8.26. The molecule has 0 aliphatic rings. The van der Waals surface area contributed by atoms with Crippen LogP contribution >= 0.6 is 0 Å². The molecule has 0 N–H and O–H groups in total. The van der Waals surface area contributed by atoms with Gasteiger partial charge in [-0.2, -0.15) is 35.1 Å². The van der Waals surface area contributed by atoms with E-state index in [0.29, 0.717) is 6.08 Å². The average molecular weight is 274 g/mol. The second kappa shape index (κ2) is 7.23. The SMILES string of the molecule is CC=C(F)C(F)(F)F.FC(F)=CCC(F)(F)F. The van der Waals surface area contributed by atoms with Gasteiger partial charge in [-0.05, 0) is 19.1 Å². The first kappa shape index (κ1) is 18.2. The predicted octanol–water partition coefficient (Wildman–Crippen LogP) is 5.14. The van der Waals surface area contributed by atoms with E-state index in [-0.39, 0.29) is 6.08 Å². The van der Waals surface area contributed by atoms with Crippen molar-refractivity contribution in [2.75, 3.05) is 0 Å². The molecule has 0 aliphatic carbocycles. The van der Waals surface area contributed by atoms with Gasteiger partial charge in [0.2, 0.25) is 0 Å². The Balaban J connectivity index is 0. The Morgan fingerprint density at radius 2 is 1.35 bits per heavy atom. The van der Waals surface area contributed by atoms with Gasteiger partial charge in [-0.15, -0.1) is 0 Å². The summed E-state index contributed by atoms with van der Waals surface area (Å²) in [6, 6.07) is 0. The standard InChI is InChI=1S/C4H3F5.C4H4F4/c5-3(6)1-2-4(7,8)9;1-2-3(5)4(6,7)8/h1H,2H2;2H,1H3. The number of alkyl halides is 6. The van der Waals surface area contributed by atoms with Gasteiger partial charge < -0.3 is 0 Å². The molecular weight excluding hydrogens is 267 g/mol. The molecule has 0 aromatic rings. The second-order valence-electron chi connectivity index (χ2n) is 2.45. The van der Waals surface area contributed by atoms with E-state index in [4.69, 9.17) is 0 Å². The van der Waals surface area contributed by atoms with Crippen LogP contribution in [0, 0.1) is 0 Å². The zero-order valence-corrected chi connectivity index (χ0v) is 8.26. The van der Waals surface area contributed by atoms with Gasteiger partial charge in [0, 0.05) is 0 Å². The van der Waals surface area contributed by atoms with E-state index in [2.05, 4.69) is 0 Å². The molecule has 0 aromatic carbocycles. The third-order valence-corrected chi connectivity index (χ3v) is 1.01. The van der Waals surface area contributed by atoms with Crippen molar-refractivity contribution in [2.24, 2.45) is 0 Å². The number of rotatable bonds is 1. The largest absolute Gasteiger partial charge is 0.442 e. The fourth-order valence-electron chi connectivity index (χ4n) is 0.357. The molecule has 9 heteroatoms. The van der Waals surface area contributed by atoms with E-state index in [9.17, 15) is 39.5 Å². The third-order valence-electron chi connectivity index (χ3n) is 1.01. The topological polar surface area (TPSA) is 0 Å². The van der Waals surface area contributed by atoms with E-state index in [1.54, 1.807) is 0 Å². The molecule has 0 spiro atoms. The Morgan fingerprint density at radius 1 is 0.941 bits per heavy atom. The van der Waals surface area contributed by atoms with Crippen molar-refractivity contribution in [3.8, 4) is 0 Å². The highest BCUT2D eigenvalue weighted by Crippen LogP contribution is 2.25. The maximum absolute atomic E-state index is 11.4. The molecule has 0 radical (unpaired) electrons. The quantitative estimate of drug-likeness (QED) is 0.581. The van der Waals surface area contributed by atoms with Gasteiger partial charge in [0.05, 0.1) is 6.42 Å². The summed E-state index contributed by atoms with van der Waals surface area (Å²) in [6.07, 6.45) is -13.0. The van der Waals surface area contributed by atoms with Gasteiger partial charge in [0.15, 0.2) is 5.83 Å². The van der Waals surface area contributed by atoms with E-state index < -0.39 is 30.7 Å². The van der Waals surface area contributed by atoms with Crippen molar-refractivity contribution in [1.29, 1.82) is 0 Å². The lowest BCUT2D eigenvalue weighted by atomic mass is 10.4. The molecule has 17 heavy (non-hydrogen) atoms. The van der Waals surface area contributed by atoms with Gasteiger partial charge >= 0.3 is 12.4 Å². The Morgan fingerprint density at radius 3 is 1.41 bits per heavy atom. The Hall–Kier alpha value is -1.15. The molecule has 0 fully saturated rings. The average Bonchev–Trinajstić information content (AvgIpc) is 2.12. The van der Waals surface area contributed by atoms with Crippen LogP contribution in [-0.2, 0) is 0 Å². The number of halogens is 9. The maximum Gasteiger partial charge on any atom is 0.442 e. The second-order valence-corrected chi connectivity index (χ2v) is 2.45. The van der Waals surface area contributed by atoms with E-state index in [1.807, 2.05) is 0 Å². The fourth-order valence-corrected chi connectivity index (χ4v) is 0.357. The van der Waals surface area contributed by atoms with Crippen LogP contribution in [0.1, 0.15) is 13.3 Å². The Kier molecular flexibility index (Phi) is 7.75. The summed E-state index contributed by atoms with van der Waals surface area (Å²) >= 11 is 0. The highest BCUT2D eigenvalue weighted by atomic mass is 19.4. The van der Waals surface area contributed by atoms with Crippen molar-refractivity contribution in [3.05, 3.63) is 24.1 Å². The molecule has 102 valence electrons. The molecule has 0 heterocycles. The van der Waals surface area contributed by atoms with E-state index in [0.717, 1.165) is 6.92 Å². The van der Waals surface area contributed by atoms with Crippen LogP contribution in [-0.4, -0.2) is 12.4 Å². The lowest BCUT2D eigenvalue weighted by Crippen LogP contribution is -2.06. The van der Waals surface area contributed by atoms with Crippen LogP contribution in [0.5, 0.6) is 0 Å². The van der Waals surface area contributed by atoms with Crippen molar-refractivity contribution in [3.63, 3.8) is 0 Å². The minimum Gasteiger partial charge on any atom is -0.202 e. The predicted molar refractivity (Wildman–Crippen MR) is 41.9 cm³/mol. The van der Waals surface area contributed by atoms with Gasteiger partial charge in [0.25, 0.3) is 6.08 Å². The molecule has 0 aliphatic heterocycles. The third kappa shape index (κ3) is 14.8. The van der Waals surface area contributed by atoms with Crippen LogP contribution in [0.15, 0.2) is 24.1 Å². The van der Waals surface area contributed by atoms with Crippen LogP contribution in [0.2, 0.25) is 0 Å². The molecule has 0 amide bonds. The number of hydrogen-bond acceptors (Lipinski definition) is 0. The molecule has 0 unspecified atom stereocenters. The van der Waals surface area contributed by atoms with Gasteiger partial charge in [-0.3, -0.25) is 0 Å². The highest BCUT2D eigenvalue weighted by Gasteiger charge is 2.33. The van der Waals surface area contributed by atoms with Crippen molar-refractivity contribution >= 4 is 0 Å². The first-order valence-electron chi connectivity index (χ1n) is 3.87. The summed E-state index contributed by atoms with van der Waals surface area (Å²) in [6.45, 7) is 0.989. The van der Waals surface area contributed by atoms with Crippen LogP contribution in [0.3, 0.4) is 0 Å². The lowest BCUT2D eigenvalue weighted by molar-refractivity contribution is -0.125. The number of allylic oxidation sites excluding steroid dienone is 3. The number of hydrogen-bond donors (Lipinski definition) is 0. The van der Waals surface area contributed by atoms with Crippen molar-refractivity contribution < 1.29 is 39.5 Å². The summed E-state index contributed by atoms with van der Waals surface area (Å²) in [5, 5.41) is 0. The van der Waals surface area contributed by atoms with Gasteiger partial charge in [-0.1, -0.05) is 0 Å². The summed E-state index contributed by atoms with van der Waals surface area (Å²) < 4.78 is 99.4. The Labute approximate surface area is 90.4 Å². The first-order chi connectivity index (χ1) is 7.40. The first-order valence-corrected chi connectivity index (χ1v) is 3.87. The summed E-state index contributed by atoms with van der Waals surface area (Å²) in [4.78, 5) is 0. The lowest BCUT2D eigenvalue weighted by Gasteiger charge is -1.99. The highest BCUT2D eigenvalue weighted by molar-refractivity contribution is 4.95. The minimum absolute atomic E-state index is 0.167. The van der Waals surface area contributed by atoms with E-state index in [1.165, 1.54) is 0 Å². The van der Waals surface area contributed by atoms with Crippen molar-refractivity contribution in [2.45, 2.75) is 25.7 Å². The van der Waals surface area contributed by atoms with Gasteiger partial charge in [0.1, 0.15) is 0 Å². The minimum atomic E-state index is -4.80. The van der Waals surface area contributed by atoms with Crippen LogP contribution in [0.25, 0.3) is 0 Å².